The molecule has 2 bridgehead atoms. The standard InChI is InChI=1S/C30H37F3N4O3/c1-18-23(6-5-7-25(18)30(31,32)33)19(2)34-28(39)24-17-37(21-9-12-40-13-10-21)27(38)15-26(24)35-20-8-11-29(3)16-22(14-20)36(29)4/h5-7,15,17,19-22H,4,8-14,16H2,1-3H3,(H-,34,35,38,39)/p+1/t19-,20-,22+,29?/m1/s1. The van der Waals surface area contributed by atoms with Crippen molar-refractivity contribution in [1.29, 1.82) is 0 Å². The second-order valence-electron chi connectivity index (χ2n) is 11.8. The normalized spacial score (nSPS) is 26.0. The Morgan fingerprint density at radius 1 is 1.25 bits per heavy atom. The number of aromatic nitrogens is 1. The maximum Gasteiger partial charge on any atom is 0.416 e. The van der Waals surface area contributed by atoms with Crippen LogP contribution in [0.5, 0.6) is 0 Å². The first-order valence-corrected chi connectivity index (χ1v) is 14.1. The number of amides is 1. The molecule has 2 aromatic rings. The van der Waals surface area contributed by atoms with Gasteiger partial charge in [0, 0.05) is 57.3 Å². The predicted molar refractivity (Wildman–Crippen MR) is 147 cm³/mol. The molecule has 4 aliphatic rings. The summed E-state index contributed by atoms with van der Waals surface area (Å²) in [6.45, 7) is 10.6. The van der Waals surface area contributed by atoms with Gasteiger partial charge in [0.15, 0.2) is 11.6 Å². The third-order valence-corrected chi connectivity index (χ3v) is 9.16. The Morgan fingerprint density at radius 2 is 1.98 bits per heavy atom. The van der Waals surface area contributed by atoms with Crippen molar-refractivity contribution < 1.29 is 27.3 Å². The Morgan fingerprint density at radius 3 is 2.65 bits per heavy atom. The van der Waals surface area contributed by atoms with Crippen LogP contribution in [-0.2, 0) is 10.9 Å². The van der Waals surface area contributed by atoms with Gasteiger partial charge in [-0.3, -0.25) is 9.59 Å². The summed E-state index contributed by atoms with van der Waals surface area (Å²) in [5, 5.41) is 6.38. The van der Waals surface area contributed by atoms with E-state index in [1.807, 2.05) is 0 Å². The highest BCUT2D eigenvalue weighted by atomic mass is 19.4. The number of anilines is 1. The summed E-state index contributed by atoms with van der Waals surface area (Å²) in [5.41, 5.74) is 0.379. The third kappa shape index (κ3) is 5.42. The molecule has 3 aliphatic heterocycles. The van der Waals surface area contributed by atoms with E-state index in [0.29, 0.717) is 48.9 Å². The van der Waals surface area contributed by atoms with E-state index >= 15 is 0 Å². The van der Waals surface area contributed by atoms with Gasteiger partial charge in [0.1, 0.15) is 6.72 Å². The molecule has 2 N–H and O–H groups in total. The fourth-order valence-corrected chi connectivity index (χ4v) is 6.68. The van der Waals surface area contributed by atoms with Crippen LogP contribution < -0.4 is 16.2 Å². The van der Waals surface area contributed by atoms with Crippen molar-refractivity contribution in [1.82, 2.24) is 9.88 Å². The molecule has 10 heteroatoms. The van der Waals surface area contributed by atoms with Crippen molar-refractivity contribution in [2.24, 2.45) is 0 Å². The number of fused-ring (bicyclic) bond motifs is 3. The van der Waals surface area contributed by atoms with Crippen LogP contribution in [0.1, 0.15) is 91.5 Å². The number of benzene rings is 1. The van der Waals surface area contributed by atoms with E-state index < -0.39 is 23.7 Å². The maximum atomic E-state index is 13.7. The number of hydrogen-bond acceptors (Lipinski definition) is 4. The number of alkyl halides is 3. The highest BCUT2D eigenvalue weighted by molar-refractivity contribution is 5.99. The lowest BCUT2D eigenvalue weighted by atomic mass is 9.81. The van der Waals surface area contributed by atoms with Crippen LogP contribution in [0.25, 0.3) is 0 Å². The number of carbonyl (C=O) groups is 1. The van der Waals surface area contributed by atoms with E-state index in [2.05, 4.69) is 28.9 Å². The van der Waals surface area contributed by atoms with Crippen LogP contribution in [-0.4, -0.2) is 52.6 Å². The maximum absolute atomic E-state index is 13.7. The second kappa shape index (κ2) is 10.7. The van der Waals surface area contributed by atoms with Gasteiger partial charge in [-0.15, -0.1) is 0 Å². The van der Waals surface area contributed by atoms with Gasteiger partial charge in [0.25, 0.3) is 11.5 Å². The van der Waals surface area contributed by atoms with Gasteiger partial charge < -0.3 is 19.9 Å². The molecular weight excluding hydrogens is 521 g/mol. The average molecular weight is 560 g/mol. The van der Waals surface area contributed by atoms with Crippen LogP contribution in [0, 0.1) is 6.92 Å². The first-order valence-electron chi connectivity index (χ1n) is 14.1. The minimum atomic E-state index is -4.49. The average Bonchev–Trinajstić information content (AvgIpc) is 3.14. The van der Waals surface area contributed by atoms with Crippen molar-refractivity contribution in [3.8, 4) is 0 Å². The van der Waals surface area contributed by atoms with Gasteiger partial charge in [0.05, 0.1) is 29.3 Å². The molecule has 4 fully saturated rings. The summed E-state index contributed by atoms with van der Waals surface area (Å²) >= 11 is 0. The van der Waals surface area contributed by atoms with Crippen molar-refractivity contribution in [3.05, 3.63) is 63.1 Å². The molecule has 1 aromatic heterocycles. The van der Waals surface area contributed by atoms with Crippen molar-refractivity contribution in [2.75, 3.05) is 18.5 Å². The molecule has 6 rings (SSSR count). The molecule has 1 aromatic carbocycles. The minimum absolute atomic E-state index is 0.0617. The summed E-state index contributed by atoms with van der Waals surface area (Å²) in [6, 6.07) is 5.12. The SMILES string of the molecule is C=[N+]1[C@H]2C[C@H](Nc3cc(=O)n(C4CCOCC4)cc3C(=O)N[C@H](C)c3cccc(C(F)(F)F)c3C)CCC1(C)C2. The lowest BCUT2D eigenvalue weighted by Crippen LogP contribution is -2.56. The zero-order valence-corrected chi connectivity index (χ0v) is 23.3. The van der Waals surface area contributed by atoms with Gasteiger partial charge in [-0.2, -0.15) is 13.2 Å². The molecule has 7 nitrogen and oxygen atoms in total. The molecule has 1 unspecified atom stereocenters. The van der Waals surface area contributed by atoms with Gasteiger partial charge in [0.2, 0.25) is 0 Å². The summed E-state index contributed by atoms with van der Waals surface area (Å²) in [6.07, 6.45) is 2.20. The molecule has 1 aliphatic carbocycles. The Balaban J connectivity index is 1.45. The van der Waals surface area contributed by atoms with Crippen LogP contribution in [0.15, 0.2) is 35.3 Å². The van der Waals surface area contributed by atoms with E-state index in [4.69, 9.17) is 4.74 Å². The Labute approximate surface area is 232 Å². The van der Waals surface area contributed by atoms with E-state index in [0.717, 1.165) is 31.7 Å². The fourth-order valence-electron chi connectivity index (χ4n) is 6.68. The molecule has 0 radical (unpaired) electrons. The van der Waals surface area contributed by atoms with Crippen molar-refractivity contribution in [2.45, 2.75) is 95.2 Å². The number of carbonyl (C=O) groups excluding carboxylic acids is 1. The number of hydrogen-bond donors (Lipinski definition) is 2. The molecule has 4 heterocycles. The molecule has 40 heavy (non-hydrogen) atoms. The Bertz CT molecular complexity index is 1360. The van der Waals surface area contributed by atoms with Gasteiger partial charge >= 0.3 is 6.18 Å². The van der Waals surface area contributed by atoms with E-state index in [1.54, 1.807) is 23.8 Å². The van der Waals surface area contributed by atoms with E-state index in [-0.39, 0.29) is 28.7 Å². The second-order valence-corrected chi connectivity index (χ2v) is 11.8. The lowest BCUT2D eigenvalue weighted by Gasteiger charge is -2.39. The molecular formula is C30H38F3N4O3+. The van der Waals surface area contributed by atoms with E-state index in [9.17, 15) is 22.8 Å². The number of nitrogens with one attached hydrogen (secondary N) is 2. The summed E-state index contributed by atoms with van der Waals surface area (Å²) in [4.78, 5) is 27.0. The third-order valence-electron chi connectivity index (χ3n) is 9.16. The van der Waals surface area contributed by atoms with Crippen LogP contribution in [0.4, 0.5) is 18.9 Å². The monoisotopic (exact) mass is 559 g/mol. The van der Waals surface area contributed by atoms with Crippen molar-refractivity contribution in [3.63, 3.8) is 0 Å². The summed E-state index contributed by atoms with van der Waals surface area (Å²) in [5.74, 6) is -0.448. The van der Waals surface area contributed by atoms with Crippen molar-refractivity contribution >= 4 is 18.3 Å². The lowest BCUT2D eigenvalue weighted by molar-refractivity contribution is -0.696. The van der Waals surface area contributed by atoms with Crippen LogP contribution >= 0.6 is 0 Å². The Hall–Kier alpha value is -3.14. The highest BCUT2D eigenvalue weighted by Gasteiger charge is 2.55. The molecule has 1 saturated carbocycles. The quantitative estimate of drug-likeness (QED) is 0.476. The van der Waals surface area contributed by atoms with E-state index in [1.165, 1.54) is 19.1 Å². The smallest absolute Gasteiger partial charge is 0.381 e. The molecule has 216 valence electrons. The fraction of sp³-hybridized carbons (Fsp3) is 0.567. The van der Waals surface area contributed by atoms with Gasteiger partial charge in [-0.05, 0) is 50.3 Å². The first kappa shape index (κ1) is 28.4. The minimum Gasteiger partial charge on any atom is -0.381 e. The summed E-state index contributed by atoms with van der Waals surface area (Å²) in [7, 11) is 0. The zero-order valence-electron chi connectivity index (χ0n) is 23.3. The molecule has 4 atom stereocenters. The number of pyridine rings is 1. The summed E-state index contributed by atoms with van der Waals surface area (Å²) < 4.78 is 49.8. The predicted octanol–water partition coefficient (Wildman–Crippen LogP) is 5.23. The highest BCUT2D eigenvalue weighted by Crippen LogP contribution is 2.42. The number of ether oxygens (including phenoxy) is 1. The van der Waals surface area contributed by atoms with Crippen LogP contribution in [0.2, 0.25) is 0 Å². The topological polar surface area (TPSA) is 75.4 Å². The van der Waals surface area contributed by atoms with Gasteiger partial charge in [-0.25, -0.2) is 4.58 Å². The molecule has 0 spiro atoms. The van der Waals surface area contributed by atoms with Crippen LogP contribution in [0.3, 0.4) is 0 Å². The zero-order chi connectivity index (χ0) is 28.8. The molecule has 1 amide bonds. The first-order chi connectivity index (χ1) is 18.9. The Kier molecular flexibility index (Phi) is 7.58. The number of halogens is 3. The largest absolute Gasteiger partial charge is 0.416 e. The number of nitrogens with zero attached hydrogens (tertiary/aromatic N) is 2. The number of rotatable bonds is 6. The van der Waals surface area contributed by atoms with Gasteiger partial charge in [-0.1, -0.05) is 12.1 Å². The molecule has 3 saturated heterocycles.